The lowest BCUT2D eigenvalue weighted by Gasteiger charge is -2.21. The van der Waals surface area contributed by atoms with Gasteiger partial charge in [0.1, 0.15) is 0 Å². The summed E-state index contributed by atoms with van der Waals surface area (Å²) in [6, 6.07) is 0. The lowest BCUT2D eigenvalue weighted by atomic mass is 9.86. The van der Waals surface area contributed by atoms with Gasteiger partial charge in [0.25, 0.3) is 0 Å². The van der Waals surface area contributed by atoms with E-state index in [1.54, 1.807) is 0 Å². The molecule has 0 aliphatic carbocycles. The highest BCUT2D eigenvalue weighted by molar-refractivity contribution is 5.05. The van der Waals surface area contributed by atoms with Crippen molar-refractivity contribution >= 4 is 0 Å². The molecule has 0 unspecified atom stereocenters. The fourth-order valence-electron chi connectivity index (χ4n) is 1.73. The summed E-state index contributed by atoms with van der Waals surface area (Å²) in [5.74, 6) is 0. The van der Waals surface area contributed by atoms with Crippen molar-refractivity contribution < 1.29 is 5.11 Å². The van der Waals surface area contributed by atoms with E-state index in [0.29, 0.717) is 6.54 Å². The van der Waals surface area contributed by atoms with E-state index >= 15 is 0 Å². The Hall–Kier alpha value is -0.600. The summed E-state index contributed by atoms with van der Waals surface area (Å²) in [6.45, 7) is 9.30. The predicted molar refractivity (Wildman–Crippen MR) is 71.3 cm³/mol. The highest BCUT2D eigenvalue weighted by atomic mass is 16.3. The van der Waals surface area contributed by atoms with Gasteiger partial charge >= 0.3 is 0 Å². The molecule has 0 atom stereocenters. The molecule has 0 radical (unpaired) electrons. The zero-order valence-electron chi connectivity index (χ0n) is 11.2. The predicted octanol–water partition coefficient (Wildman–Crippen LogP) is 3.03. The van der Waals surface area contributed by atoms with Crippen LogP contribution >= 0.6 is 0 Å². The molecule has 0 aromatic carbocycles. The molecule has 0 saturated heterocycles. The minimum absolute atomic E-state index is 0.00270. The number of aliphatic hydroxyl groups is 1. The van der Waals surface area contributed by atoms with E-state index in [0.717, 1.165) is 19.3 Å². The summed E-state index contributed by atoms with van der Waals surface area (Å²) >= 11 is 0. The highest BCUT2D eigenvalue weighted by Crippen LogP contribution is 2.24. The van der Waals surface area contributed by atoms with Gasteiger partial charge < -0.3 is 10.8 Å². The van der Waals surface area contributed by atoms with Gasteiger partial charge in [0.2, 0.25) is 0 Å². The average Bonchev–Trinajstić information content (AvgIpc) is 2.17. The van der Waals surface area contributed by atoms with Crippen molar-refractivity contribution in [2.75, 3.05) is 13.2 Å². The Kier molecular flexibility index (Phi) is 7.35. The molecule has 0 rings (SSSR count). The Bertz CT molecular complexity index is 251. The number of hydrogen-bond donors (Lipinski definition) is 2. The third-order valence-corrected chi connectivity index (χ3v) is 2.68. The van der Waals surface area contributed by atoms with Crippen LogP contribution in [0.5, 0.6) is 0 Å². The van der Waals surface area contributed by atoms with Crippen LogP contribution in [0.4, 0.5) is 0 Å². The molecule has 2 nitrogen and oxygen atoms in total. The molecule has 0 aliphatic rings. The molecule has 0 heterocycles. The first-order valence-electron chi connectivity index (χ1n) is 6.03. The second-order valence-electron chi connectivity index (χ2n) is 5.37. The SMILES string of the molecule is C/C(=C\CN)CC/C=C(\C)CC(C)(C)CO. The molecule has 3 N–H and O–H groups in total. The second-order valence-corrected chi connectivity index (χ2v) is 5.37. The molecule has 0 aliphatic heterocycles. The van der Waals surface area contributed by atoms with E-state index in [1.807, 2.05) is 0 Å². The van der Waals surface area contributed by atoms with Gasteiger partial charge in [-0.05, 0) is 38.5 Å². The van der Waals surface area contributed by atoms with Gasteiger partial charge in [0.15, 0.2) is 0 Å². The third-order valence-electron chi connectivity index (χ3n) is 2.68. The Balaban J connectivity index is 4.01. The van der Waals surface area contributed by atoms with Crippen LogP contribution in [0.3, 0.4) is 0 Å². The molecular formula is C14H27NO. The van der Waals surface area contributed by atoms with Gasteiger partial charge in [-0.3, -0.25) is 0 Å². The highest BCUT2D eigenvalue weighted by Gasteiger charge is 2.16. The molecular weight excluding hydrogens is 198 g/mol. The first-order chi connectivity index (χ1) is 7.41. The van der Waals surface area contributed by atoms with Crippen LogP contribution in [0.15, 0.2) is 23.3 Å². The Morgan fingerprint density at radius 1 is 1.19 bits per heavy atom. The summed E-state index contributed by atoms with van der Waals surface area (Å²) in [6.07, 6.45) is 7.44. The van der Waals surface area contributed by atoms with E-state index in [1.165, 1.54) is 11.1 Å². The third kappa shape index (κ3) is 7.66. The van der Waals surface area contributed by atoms with E-state index in [2.05, 4.69) is 39.8 Å². The van der Waals surface area contributed by atoms with Crippen LogP contribution in [-0.2, 0) is 0 Å². The van der Waals surface area contributed by atoms with Crippen LogP contribution in [0.2, 0.25) is 0 Å². The summed E-state index contributed by atoms with van der Waals surface area (Å²) in [5, 5.41) is 9.18. The van der Waals surface area contributed by atoms with Crippen LogP contribution in [0, 0.1) is 5.41 Å². The second kappa shape index (κ2) is 7.64. The van der Waals surface area contributed by atoms with E-state index in [9.17, 15) is 5.11 Å². The molecule has 0 saturated carbocycles. The van der Waals surface area contributed by atoms with Gasteiger partial charge in [-0.15, -0.1) is 0 Å². The zero-order valence-corrected chi connectivity index (χ0v) is 11.2. The summed E-state index contributed by atoms with van der Waals surface area (Å²) in [7, 11) is 0. The van der Waals surface area contributed by atoms with Crippen molar-refractivity contribution in [3.8, 4) is 0 Å². The maximum atomic E-state index is 9.18. The number of allylic oxidation sites excluding steroid dienone is 3. The van der Waals surface area contributed by atoms with Crippen LogP contribution in [-0.4, -0.2) is 18.3 Å². The van der Waals surface area contributed by atoms with Crippen molar-refractivity contribution in [2.24, 2.45) is 11.1 Å². The first-order valence-corrected chi connectivity index (χ1v) is 6.03. The van der Waals surface area contributed by atoms with Gasteiger partial charge in [-0.25, -0.2) is 0 Å². The van der Waals surface area contributed by atoms with Crippen molar-refractivity contribution in [1.29, 1.82) is 0 Å². The maximum Gasteiger partial charge on any atom is 0.0485 e. The topological polar surface area (TPSA) is 46.2 Å². The van der Waals surface area contributed by atoms with Gasteiger partial charge in [-0.1, -0.05) is 37.1 Å². The number of hydrogen-bond acceptors (Lipinski definition) is 2. The molecule has 2 heteroatoms. The minimum Gasteiger partial charge on any atom is -0.396 e. The lowest BCUT2D eigenvalue weighted by Crippen LogP contribution is -2.16. The fourth-order valence-corrected chi connectivity index (χ4v) is 1.73. The molecule has 0 fully saturated rings. The number of aliphatic hydroxyl groups excluding tert-OH is 1. The molecule has 0 amide bonds. The molecule has 0 aromatic rings. The Morgan fingerprint density at radius 3 is 2.31 bits per heavy atom. The smallest absolute Gasteiger partial charge is 0.0485 e. The molecule has 16 heavy (non-hydrogen) atoms. The van der Waals surface area contributed by atoms with Crippen molar-refractivity contribution in [3.05, 3.63) is 23.3 Å². The monoisotopic (exact) mass is 225 g/mol. The van der Waals surface area contributed by atoms with Crippen molar-refractivity contribution in [2.45, 2.75) is 47.0 Å². The average molecular weight is 225 g/mol. The maximum absolute atomic E-state index is 9.18. The standard InChI is InChI=1S/C14H27NO/c1-12(8-9-15)6-5-7-13(2)10-14(3,4)11-16/h7-8,16H,5-6,9-11,15H2,1-4H3/b12-8+,13-7+. The number of rotatable bonds is 7. The lowest BCUT2D eigenvalue weighted by molar-refractivity contribution is 0.159. The fraction of sp³-hybridized carbons (Fsp3) is 0.714. The minimum atomic E-state index is 0.00270. The Labute approximate surface area is 100 Å². The van der Waals surface area contributed by atoms with Crippen LogP contribution in [0.1, 0.15) is 47.0 Å². The van der Waals surface area contributed by atoms with E-state index in [-0.39, 0.29) is 12.0 Å². The van der Waals surface area contributed by atoms with Crippen molar-refractivity contribution in [3.63, 3.8) is 0 Å². The normalized spacial score (nSPS) is 14.4. The summed E-state index contributed by atoms with van der Waals surface area (Å²) in [4.78, 5) is 0. The summed E-state index contributed by atoms with van der Waals surface area (Å²) in [5.41, 5.74) is 8.16. The largest absolute Gasteiger partial charge is 0.396 e. The number of nitrogens with two attached hydrogens (primary N) is 1. The van der Waals surface area contributed by atoms with Gasteiger partial charge in [0.05, 0.1) is 0 Å². The molecule has 0 aromatic heterocycles. The van der Waals surface area contributed by atoms with Gasteiger partial charge in [0, 0.05) is 13.2 Å². The quantitative estimate of drug-likeness (QED) is 0.654. The van der Waals surface area contributed by atoms with E-state index in [4.69, 9.17) is 5.73 Å². The van der Waals surface area contributed by atoms with Crippen LogP contribution < -0.4 is 5.73 Å². The molecule has 0 spiro atoms. The zero-order chi connectivity index (χ0) is 12.6. The molecule has 94 valence electrons. The van der Waals surface area contributed by atoms with Crippen molar-refractivity contribution in [1.82, 2.24) is 0 Å². The summed E-state index contributed by atoms with van der Waals surface area (Å²) < 4.78 is 0. The molecule has 0 bridgehead atoms. The van der Waals surface area contributed by atoms with Gasteiger partial charge in [-0.2, -0.15) is 0 Å². The van der Waals surface area contributed by atoms with Crippen LogP contribution in [0.25, 0.3) is 0 Å². The van der Waals surface area contributed by atoms with E-state index < -0.39 is 0 Å². The first kappa shape index (κ1) is 15.4. The Morgan fingerprint density at radius 2 is 1.81 bits per heavy atom.